The van der Waals surface area contributed by atoms with E-state index in [1.54, 1.807) is 0 Å². The van der Waals surface area contributed by atoms with Crippen LogP contribution in [0.25, 0.3) is 0 Å². The number of hydrogen-bond donors (Lipinski definition) is 0. The van der Waals surface area contributed by atoms with E-state index in [1.165, 1.54) is 122 Å². The minimum absolute atomic E-state index is 0.593. The molecule has 2 aliphatic carbocycles. The summed E-state index contributed by atoms with van der Waals surface area (Å²) in [6, 6.07) is 0.935. The van der Waals surface area contributed by atoms with E-state index in [0.29, 0.717) is 6.10 Å². The number of nitrogens with zero attached hydrogens (tertiary/aromatic N) is 1. The molecule has 0 radical (unpaired) electrons. The van der Waals surface area contributed by atoms with Crippen LogP contribution in [0.4, 0.5) is 0 Å². The zero-order valence-corrected chi connectivity index (χ0v) is 18.3. The summed E-state index contributed by atoms with van der Waals surface area (Å²) in [7, 11) is 0. The Morgan fingerprint density at radius 3 is 2.26 bits per heavy atom. The highest BCUT2D eigenvalue weighted by atomic mass is 16.5. The van der Waals surface area contributed by atoms with Crippen molar-refractivity contribution in [3.05, 3.63) is 0 Å². The van der Waals surface area contributed by atoms with Crippen molar-refractivity contribution in [3.8, 4) is 0 Å². The first-order chi connectivity index (χ1) is 13.3. The van der Waals surface area contributed by atoms with Crippen LogP contribution in [-0.4, -0.2) is 36.7 Å². The summed E-state index contributed by atoms with van der Waals surface area (Å²) < 4.78 is 6.22. The molecule has 2 heteroatoms. The van der Waals surface area contributed by atoms with Crippen molar-refractivity contribution in [1.29, 1.82) is 0 Å². The molecule has 3 aliphatic rings. The highest BCUT2D eigenvalue weighted by Crippen LogP contribution is 2.32. The van der Waals surface area contributed by atoms with Gasteiger partial charge in [0.05, 0.1) is 6.10 Å². The maximum absolute atomic E-state index is 6.22. The van der Waals surface area contributed by atoms with Gasteiger partial charge in [0.25, 0.3) is 0 Å². The molecule has 158 valence electrons. The number of piperidine rings is 1. The molecule has 1 saturated heterocycles. The molecule has 27 heavy (non-hydrogen) atoms. The monoisotopic (exact) mass is 377 g/mol. The second-order valence-electron chi connectivity index (χ2n) is 9.93. The third kappa shape index (κ3) is 7.69. The summed E-state index contributed by atoms with van der Waals surface area (Å²) in [5.41, 5.74) is 0. The highest BCUT2D eigenvalue weighted by Gasteiger charge is 2.26. The first kappa shape index (κ1) is 21.6. The molecule has 2 atom stereocenters. The van der Waals surface area contributed by atoms with Crippen LogP contribution in [0.15, 0.2) is 0 Å². The summed E-state index contributed by atoms with van der Waals surface area (Å²) in [4.78, 5) is 2.83. The zero-order chi connectivity index (χ0) is 18.7. The topological polar surface area (TPSA) is 12.5 Å². The molecule has 3 fully saturated rings. The Bertz CT molecular complexity index is 371. The van der Waals surface area contributed by atoms with Gasteiger partial charge in [-0.15, -0.1) is 0 Å². The van der Waals surface area contributed by atoms with Crippen LogP contribution < -0.4 is 0 Å². The van der Waals surface area contributed by atoms with E-state index in [0.717, 1.165) is 24.5 Å². The predicted octanol–water partition coefficient (Wildman–Crippen LogP) is 6.97. The molecule has 0 aromatic carbocycles. The number of rotatable bonds is 11. The van der Waals surface area contributed by atoms with Gasteiger partial charge in [-0.1, -0.05) is 64.7 Å². The minimum atomic E-state index is 0.593. The van der Waals surface area contributed by atoms with Gasteiger partial charge in [0.1, 0.15) is 0 Å². The second-order valence-corrected chi connectivity index (χ2v) is 9.93. The summed E-state index contributed by atoms with van der Waals surface area (Å²) >= 11 is 0. The number of likely N-dealkylation sites (tertiary alicyclic amines) is 1. The molecule has 1 aliphatic heterocycles. The normalized spacial score (nSPS) is 28.8. The van der Waals surface area contributed by atoms with Gasteiger partial charge < -0.3 is 9.64 Å². The third-order valence-electron chi connectivity index (χ3n) is 7.81. The number of ether oxygens (including phenoxy) is 1. The van der Waals surface area contributed by atoms with E-state index in [4.69, 9.17) is 4.74 Å². The van der Waals surface area contributed by atoms with E-state index in [2.05, 4.69) is 11.8 Å². The lowest BCUT2D eigenvalue weighted by molar-refractivity contribution is 0.0509. The van der Waals surface area contributed by atoms with E-state index in [-0.39, 0.29) is 0 Å². The first-order valence-corrected chi connectivity index (χ1v) is 12.7. The summed E-state index contributed by atoms with van der Waals surface area (Å²) in [5.74, 6) is 1.97. The van der Waals surface area contributed by atoms with Gasteiger partial charge in [-0.05, 0) is 76.3 Å². The zero-order valence-electron chi connectivity index (χ0n) is 18.3. The molecule has 1 heterocycles. The maximum atomic E-state index is 6.22. The molecule has 2 unspecified atom stereocenters. The van der Waals surface area contributed by atoms with Crippen molar-refractivity contribution in [2.75, 3.05) is 19.7 Å². The van der Waals surface area contributed by atoms with Crippen molar-refractivity contribution in [1.82, 2.24) is 4.90 Å². The summed E-state index contributed by atoms with van der Waals surface area (Å²) in [5, 5.41) is 0. The smallest absolute Gasteiger partial charge is 0.0577 e. The van der Waals surface area contributed by atoms with Crippen LogP contribution in [0.5, 0.6) is 0 Å². The molecule has 0 aromatic rings. The Balaban J connectivity index is 1.17. The molecule has 0 aromatic heterocycles. The first-order valence-electron chi connectivity index (χ1n) is 12.7. The minimum Gasteiger partial charge on any atom is -0.378 e. The lowest BCUT2D eigenvalue weighted by Crippen LogP contribution is -2.42. The van der Waals surface area contributed by atoms with Crippen molar-refractivity contribution in [3.63, 3.8) is 0 Å². The van der Waals surface area contributed by atoms with E-state index in [1.807, 2.05) is 0 Å². The number of unbranched alkanes of at least 4 members (excludes halogenated alkanes) is 3. The Morgan fingerprint density at radius 1 is 0.741 bits per heavy atom. The van der Waals surface area contributed by atoms with Crippen LogP contribution in [0, 0.1) is 11.8 Å². The number of hydrogen-bond acceptors (Lipinski definition) is 2. The standard InChI is InChI=1S/C25H47NO/c1-2-3-5-11-23-14-15-25(21-23)27-20-9-8-10-22-16-18-26(19-17-22)24-12-6-4-7-13-24/h22-25H,2-21H2,1H3. The predicted molar refractivity (Wildman–Crippen MR) is 116 cm³/mol. The Labute approximate surface area is 169 Å². The van der Waals surface area contributed by atoms with Crippen LogP contribution in [-0.2, 0) is 4.74 Å². The quantitative estimate of drug-likeness (QED) is 0.361. The van der Waals surface area contributed by atoms with E-state index >= 15 is 0 Å². The average molecular weight is 378 g/mol. The van der Waals surface area contributed by atoms with Crippen LogP contribution in [0.3, 0.4) is 0 Å². The van der Waals surface area contributed by atoms with Gasteiger partial charge in [-0.2, -0.15) is 0 Å². The Kier molecular flexibility index (Phi) is 9.99. The second kappa shape index (κ2) is 12.5. The summed E-state index contributed by atoms with van der Waals surface area (Å²) in [6.07, 6.45) is 24.8. The van der Waals surface area contributed by atoms with E-state index in [9.17, 15) is 0 Å². The molecular formula is C25H47NO. The van der Waals surface area contributed by atoms with Gasteiger partial charge in [-0.25, -0.2) is 0 Å². The summed E-state index contributed by atoms with van der Waals surface area (Å²) in [6.45, 7) is 6.09. The average Bonchev–Trinajstić information content (AvgIpc) is 3.17. The van der Waals surface area contributed by atoms with Crippen molar-refractivity contribution in [2.24, 2.45) is 11.8 Å². The fourth-order valence-electron chi connectivity index (χ4n) is 5.96. The van der Waals surface area contributed by atoms with Crippen molar-refractivity contribution < 1.29 is 4.74 Å². The molecule has 0 N–H and O–H groups in total. The maximum Gasteiger partial charge on any atom is 0.0577 e. The van der Waals surface area contributed by atoms with E-state index < -0.39 is 0 Å². The fourth-order valence-corrected chi connectivity index (χ4v) is 5.96. The highest BCUT2D eigenvalue weighted by molar-refractivity contribution is 4.81. The SMILES string of the molecule is CCCCCC1CCC(OCCCCC2CCN(C3CCCCC3)CC2)C1. The molecule has 3 rings (SSSR count). The lowest BCUT2D eigenvalue weighted by Gasteiger charge is -2.39. The third-order valence-corrected chi connectivity index (χ3v) is 7.81. The molecule has 2 saturated carbocycles. The van der Waals surface area contributed by atoms with Crippen LogP contribution >= 0.6 is 0 Å². The van der Waals surface area contributed by atoms with Crippen LogP contribution in [0.1, 0.15) is 116 Å². The Hall–Kier alpha value is -0.0800. The molecular weight excluding hydrogens is 330 g/mol. The lowest BCUT2D eigenvalue weighted by atomic mass is 9.88. The van der Waals surface area contributed by atoms with Gasteiger partial charge in [0, 0.05) is 12.6 Å². The van der Waals surface area contributed by atoms with Crippen molar-refractivity contribution >= 4 is 0 Å². The van der Waals surface area contributed by atoms with Crippen molar-refractivity contribution in [2.45, 2.75) is 128 Å². The molecule has 0 bridgehead atoms. The van der Waals surface area contributed by atoms with Gasteiger partial charge in [-0.3, -0.25) is 0 Å². The largest absolute Gasteiger partial charge is 0.378 e. The Morgan fingerprint density at radius 2 is 1.48 bits per heavy atom. The molecule has 0 amide bonds. The fraction of sp³-hybridized carbons (Fsp3) is 1.00. The van der Waals surface area contributed by atoms with Crippen LogP contribution in [0.2, 0.25) is 0 Å². The molecule has 2 nitrogen and oxygen atoms in total. The van der Waals surface area contributed by atoms with Gasteiger partial charge >= 0.3 is 0 Å². The van der Waals surface area contributed by atoms with Gasteiger partial charge in [0.15, 0.2) is 0 Å². The molecule has 0 spiro atoms. The van der Waals surface area contributed by atoms with Gasteiger partial charge in [0.2, 0.25) is 0 Å².